The van der Waals surface area contributed by atoms with Crippen LogP contribution in [0, 0.1) is 11.3 Å². The fourth-order valence-corrected chi connectivity index (χ4v) is 2.40. The summed E-state index contributed by atoms with van der Waals surface area (Å²) in [6.45, 7) is 2.60. The maximum absolute atomic E-state index is 12.1. The van der Waals surface area contributed by atoms with E-state index in [9.17, 15) is 18.4 Å². The largest absolute Gasteiger partial charge is 0.411 e. The lowest BCUT2D eigenvalue weighted by Crippen LogP contribution is -2.52. The van der Waals surface area contributed by atoms with Crippen molar-refractivity contribution in [2.24, 2.45) is 0 Å². The molecule has 0 aromatic carbocycles. The third-order valence-electron chi connectivity index (χ3n) is 2.97. The van der Waals surface area contributed by atoms with Crippen molar-refractivity contribution in [3.8, 4) is 6.07 Å². The molecule has 2 unspecified atom stereocenters. The van der Waals surface area contributed by atoms with E-state index in [-0.39, 0.29) is 6.04 Å². The molecule has 0 saturated heterocycles. The Kier molecular flexibility index (Phi) is 5.00. The maximum atomic E-state index is 12.1. The van der Waals surface area contributed by atoms with Crippen LogP contribution in [0.25, 0.3) is 0 Å². The molecule has 0 aromatic rings. The number of ether oxygens (including phenoxy) is 1. The second kappa shape index (κ2) is 5.89. The van der Waals surface area contributed by atoms with Crippen LogP contribution in [0.4, 0.5) is 13.2 Å². The van der Waals surface area contributed by atoms with Gasteiger partial charge in [-0.2, -0.15) is 18.4 Å². The molecule has 1 N–H and O–H groups in total. The van der Waals surface area contributed by atoms with Gasteiger partial charge in [0.1, 0.15) is 12.1 Å². The molecule has 3 nitrogen and oxygen atoms in total. The van der Waals surface area contributed by atoms with Crippen LogP contribution in [0.5, 0.6) is 0 Å². The van der Waals surface area contributed by atoms with Crippen molar-refractivity contribution in [3.05, 3.63) is 0 Å². The van der Waals surface area contributed by atoms with E-state index in [0.717, 1.165) is 0 Å². The molecule has 0 heterocycles. The number of halogens is 3. The zero-order chi connectivity index (χ0) is 13.8. The summed E-state index contributed by atoms with van der Waals surface area (Å²) >= 11 is 0. The minimum Gasteiger partial charge on any atom is -0.369 e. The van der Waals surface area contributed by atoms with Gasteiger partial charge in [-0.1, -0.05) is 0 Å². The van der Waals surface area contributed by atoms with Gasteiger partial charge in [-0.3, -0.25) is 5.32 Å². The summed E-state index contributed by atoms with van der Waals surface area (Å²) in [5, 5.41) is 12.4. The fourth-order valence-electron chi connectivity index (χ4n) is 2.40. The van der Waals surface area contributed by atoms with Gasteiger partial charge in [0.2, 0.25) is 0 Å². The van der Waals surface area contributed by atoms with Crippen molar-refractivity contribution in [2.45, 2.75) is 63.4 Å². The topological polar surface area (TPSA) is 45.0 Å². The van der Waals surface area contributed by atoms with Crippen LogP contribution < -0.4 is 5.32 Å². The van der Waals surface area contributed by atoms with Gasteiger partial charge in [-0.25, -0.2) is 0 Å². The van der Waals surface area contributed by atoms with Crippen LogP contribution in [0.2, 0.25) is 0 Å². The number of alkyl halides is 3. The van der Waals surface area contributed by atoms with Crippen molar-refractivity contribution in [3.63, 3.8) is 0 Å². The summed E-state index contributed by atoms with van der Waals surface area (Å²) in [5.74, 6) is 0. The lowest BCUT2D eigenvalue weighted by Gasteiger charge is -2.37. The van der Waals surface area contributed by atoms with Gasteiger partial charge < -0.3 is 4.74 Å². The Morgan fingerprint density at radius 3 is 2.67 bits per heavy atom. The number of rotatable bonds is 4. The molecule has 0 spiro atoms. The number of nitrogens with zero attached hydrogens (tertiary/aromatic N) is 1. The van der Waals surface area contributed by atoms with Crippen molar-refractivity contribution in [1.82, 2.24) is 5.32 Å². The molecule has 1 saturated carbocycles. The van der Waals surface area contributed by atoms with Gasteiger partial charge in [0.25, 0.3) is 0 Å². The predicted octanol–water partition coefficient (Wildman–Crippen LogP) is 2.77. The zero-order valence-corrected chi connectivity index (χ0v) is 10.7. The quantitative estimate of drug-likeness (QED) is 0.849. The molecule has 1 fully saturated rings. The van der Waals surface area contributed by atoms with Crippen LogP contribution in [0.1, 0.15) is 39.5 Å². The van der Waals surface area contributed by atoms with Crippen LogP contribution in [0.3, 0.4) is 0 Å². The van der Waals surface area contributed by atoms with E-state index in [2.05, 4.69) is 11.4 Å². The maximum Gasteiger partial charge on any atom is 0.411 e. The Labute approximate surface area is 105 Å². The van der Waals surface area contributed by atoms with Gasteiger partial charge in [-0.15, -0.1) is 0 Å². The van der Waals surface area contributed by atoms with Crippen LogP contribution in [-0.2, 0) is 4.74 Å². The molecular formula is C12H19F3N2O. The lowest BCUT2D eigenvalue weighted by atomic mass is 9.80. The smallest absolute Gasteiger partial charge is 0.369 e. The van der Waals surface area contributed by atoms with Gasteiger partial charge >= 0.3 is 6.18 Å². The van der Waals surface area contributed by atoms with Crippen molar-refractivity contribution in [2.75, 3.05) is 6.61 Å². The van der Waals surface area contributed by atoms with Crippen molar-refractivity contribution < 1.29 is 17.9 Å². The first-order chi connectivity index (χ1) is 8.26. The highest BCUT2D eigenvalue weighted by Gasteiger charge is 2.39. The molecule has 0 radical (unpaired) electrons. The summed E-state index contributed by atoms with van der Waals surface area (Å²) in [6, 6.07) is 2.32. The Morgan fingerprint density at radius 2 is 2.17 bits per heavy atom. The first-order valence-corrected chi connectivity index (χ1v) is 6.14. The van der Waals surface area contributed by atoms with Crippen molar-refractivity contribution >= 4 is 0 Å². The van der Waals surface area contributed by atoms with Gasteiger partial charge in [0.05, 0.1) is 12.2 Å². The van der Waals surface area contributed by atoms with E-state index in [1.807, 2.05) is 13.8 Å². The number of nitriles is 1. The van der Waals surface area contributed by atoms with Gasteiger partial charge in [0.15, 0.2) is 0 Å². The highest BCUT2D eigenvalue weighted by molar-refractivity contribution is 5.10. The van der Waals surface area contributed by atoms with E-state index < -0.39 is 24.4 Å². The highest BCUT2D eigenvalue weighted by Crippen LogP contribution is 2.31. The first-order valence-electron chi connectivity index (χ1n) is 6.14. The summed E-state index contributed by atoms with van der Waals surface area (Å²) in [4.78, 5) is 0. The van der Waals surface area contributed by atoms with Gasteiger partial charge in [0, 0.05) is 12.5 Å². The Hall–Kier alpha value is -0.800. The monoisotopic (exact) mass is 264 g/mol. The summed E-state index contributed by atoms with van der Waals surface area (Å²) < 4.78 is 41.1. The minimum absolute atomic E-state index is 0.117. The number of hydrogen-bond donors (Lipinski definition) is 1. The SMILES string of the molecule is CC(C)NC1(C#N)CCCC(OCC(F)(F)F)C1. The highest BCUT2D eigenvalue weighted by atomic mass is 19.4. The molecule has 1 aliphatic rings. The summed E-state index contributed by atoms with van der Waals surface area (Å²) in [5.41, 5.74) is -0.747. The van der Waals surface area contributed by atoms with E-state index in [1.54, 1.807) is 0 Å². The third-order valence-corrected chi connectivity index (χ3v) is 2.97. The number of nitrogens with one attached hydrogen (secondary N) is 1. The summed E-state index contributed by atoms with van der Waals surface area (Å²) in [7, 11) is 0. The molecule has 0 aliphatic heterocycles. The third kappa shape index (κ3) is 4.83. The van der Waals surface area contributed by atoms with E-state index in [1.165, 1.54) is 0 Å². The normalized spacial score (nSPS) is 29.3. The summed E-state index contributed by atoms with van der Waals surface area (Å²) in [6.07, 6.45) is -2.54. The lowest BCUT2D eigenvalue weighted by molar-refractivity contribution is -0.189. The van der Waals surface area contributed by atoms with E-state index >= 15 is 0 Å². The average molecular weight is 264 g/mol. The first kappa shape index (κ1) is 15.3. The Morgan fingerprint density at radius 1 is 1.50 bits per heavy atom. The number of hydrogen-bond acceptors (Lipinski definition) is 3. The molecule has 0 bridgehead atoms. The molecule has 1 rings (SSSR count). The van der Waals surface area contributed by atoms with Crippen LogP contribution >= 0.6 is 0 Å². The molecular weight excluding hydrogens is 245 g/mol. The Balaban J connectivity index is 2.56. The minimum atomic E-state index is -4.31. The zero-order valence-electron chi connectivity index (χ0n) is 10.7. The molecule has 2 atom stereocenters. The van der Waals surface area contributed by atoms with Crippen LogP contribution in [-0.4, -0.2) is 30.5 Å². The fraction of sp³-hybridized carbons (Fsp3) is 0.917. The standard InChI is InChI=1S/C12H19F3N2O/c1-9(2)17-11(7-16)5-3-4-10(6-11)18-8-12(13,14)15/h9-10,17H,3-6,8H2,1-2H3. The molecule has 104 valence electrons. The van der Waals surface area contributed by atoms with E-state index in [4.69, 9.17) is 4.74 Å². The molecule has 6 heteroatoms. The molecule has 1 aliphatic carbocycles. The molecule has 0 amide bonds. The average Bonchev–Trinajstić information content (AvgIpc) is 2.25. The van der Waals surface area contributed by atoms with Gasteiger partial charge in [-0.05, 0) is 33.1 Å². The predicted molar refractivity (Wildman–Crippen MR) is 60.9 cm³/mol. The van der Waals surface area contributed by atoms with Crippen molar-refractivity contribution in [1.29, 1.82) is 5.26 Å². The van der Waals surface area contributed by atoms with Crippen LogP contribution in [0.15, 0.2) is 0 Å². The Bertz CT molecular complexity index is 311. The second-order valence-electron chi connectivity index (χ2n) is 5.14. The molecule has 18 heavy (non-hydrogen) atoms. The molecule has 0 aromatic heterocycles. The van der Waals surface area contributed by atoms with E-state index in [0.29, 0.717) is 25.7 Å². The second-order valence-corrected chi connectivity index (χ2v) is 5.14.